The van der Waals surface area contributed by atoms with E-state index in [9.17, 15) is 19.1 Å². The van der Waals surface area contributed by atoms with E-state index in [1.54, 1.807) is 18.2 Å². The maximum Gasteiger partial charge on any atom is 0.295 e. The number of carbonyl (C=O) groups is 2. The summed E-state index contributed by atoms with van der Waals surface area (Å²) < 4.78 is 24.3. The minimum Gasteiger partial charge on any atom is -0.506 e. The largest absolute Gasteiger partial charge is 0.506 e. The van der Waals surface area contributed by atoms with Crippen LogP contribution in [0.4, 0.5) is 4.39 Å². The number of halogens is 1. The number of nitrogens with zero attached hydrogens (tertiary/aromatic N) is 2. The standard InChI is InChI=1S/C23H25FN2O5/c1-25(2)12-13-26-20(14-8-10-15(24)11-9-14)19(22(28)23(26)29)21(27)18-16(30-3)6-5-7-17(18)31-4/h5-11,20,27H,12-13H2,1-4H3/b21-19+. The summed E-state index contributed by atoms with van der Waals surface area (Å²) >= 11 is 0. The molecule has 1 aliphatic rings. The molecule has 8 heteroatoms. The first kappa shape index (κ1) is 22.3. The fourth-order valence-corrected chi connectivity index (χ4v) is 3.63. The van der Waals surface area contributed by atoms with Crippen molar-refractivity contribution in [2.75, 3.05) is 41.4 Å². The summed E-state index contributed by atoms with van der Waals surface area (Å²) in [6, 6.07) is 9.55. The van der Waals surface area contributed by atoms with Crippen LogP contribution in [0.5, 0.6) is 11.5 Å². The van der Waals surface area contributed by atoms with Crippen LogP contribution in [0.15, 0.2) is 48.0 Å². The van der Waals surface area contributed by atoms with Crippen LogP contribution in [0.25, 0.3) is 5.76 Å². The SMILES string of the molecule is COc1cccc(OC)c1/C(O)=C1\C(=O)C(=O)N(CCN(C)C)C1c1ccc(F)cc1. The van der Waals surface area contributed by atoms with Crippen molar-refractivity contribution in [3.05, 3.63) is 65.0 Å². The van der Waals surface area contributed by atoms with Gasteiger partial charge in [0.05, 0.1) is 25.8 Å². The van der Waals surface area contributed by atoms with Gasteiger partial charge in [-0.15, -0.1) is 0 Å². The lowest BCUT2D eigenvalue weighted by Gasteiger charge is -2.26. The third kappa shape index (κ3) is 4.25. The fourth-order valence-electron chi connectivity index (χ4n) is 3.63. The molecular weight excluding hydrogens is 403 g/mol. The Morgan fingerprint density at radius 1 is 1.06 bits per heavy atom. The second kappa shape index (κ2) is 9.18. The van der Waals surface area contributed by atoms with E-state index in [0.717, 1.165) is 0 Å². The van der Waals surface area contributed by atoms with Crippen LogP contribution in [0.3, 0.4) is 0 Å². The van der Waals surface area contributed by atoms with Crippen LogP contribution in [0.2, 0.25) is 0 Å². The molecule has 164 valence electrons. The number of likely N-dealkylation sites (N-methyl/N-ethyl adjacent to an activating group) is 1. The molecule has 0 bridgehead atoms. The minimum atomic E-state index is -0.879. The Labute approximate surface area is 180 Å². The maximum absolute atomic E-state index is 13.5. The van der Waals surface area contributed by atoms with E-state index in [0.29, 0.717) is 12.1 Å². The van der Waals surface area contributed by atoms with Crippen molar-refractivity contribution in [3.63, 3.8) is 0 Å². The third-order valence-electron chi connectivity index (χ3n) is 5.18. The summed E-state index contributed by atoms with van der Waals surface area (Å²) in [5, 5.41) is 11.2. The highest BCUT2D eigenvalue weighted by molar-refractivity contribution is 6.46. The zero-order valence-corrected chi connectivity index (χ0v) is 17.9. The molecule has 1 aliphatic heterocycles. The fraction of sp³-hybridized carbons (Fsp3) is 0.304. The molecule has 2 aromatic carbocycles. The number of amides is 1. The lowest BCUT2D eigenvalue weighted by molar-refractivity contribution is -0.140. The highest BCUT2D eigenvalue weighted by Crippen LogP contribution is 2.43. The Morgan fingerprint density at radius 3 is 2.16 bits per heavy atom. The van der Waals surface area contributed by atoms with Crippen molar-refractivity contribution in [2.45, 2.75) is 6.04 Å². The topological polar surface area (TPSA) is 79.3 Å². The summed E-state index contributed by atoms with van der Waals surface area (Å²) in [6.07, 6.45) is 0. The zero-order valence-electron chi connectivity index (χ0n) is 17.9. The second-order valence-corrected chi connectivity index (χ2v) is 7.38. The van der Waals surface area contributed by atoms with E-state index in [-0.39, 0.29) is 29.2 Å². The molecular formula is C23H25FN2O5. The van der Waals surface area contributed by atoms with E-state index in [1.165, 1.54) is 43.4 Å². The van der Waals surface area contributed by atoms with Gasteiger partial charge in [-0.05, 0) is 43.9 Å². The molecule has 1 N–H and O–H groups in total. The van der Waals surface area contributed by atoms with Gasteiger partial charge in [0.1, 0.15) is 28.6 Å². The molecule has 0 aromatic heterocycles. The normalized spacial score (nSPS) is 18.0. The number of ketones is 1. The molecule has 0 radical (unpaired) electrons. The molecule has 1 amide bonds. The number of Topliss-reactive ketones (excluding diaryl/α,β-unsaturated/α-hetero) is 1. The van der Waals surface area contributed by atoms with Crippen molar-refractivity contribution >= 4 is 17.4 Å². The molecule has 1 saturated heterocycles. The van der Waals surface area contributed by atoms with Crippen LogP contribution in [0.1, 0.15) is 17.2 Å². The Bertz CT molecular complexity index is 995. The zero-order chi connectivity index (χ0) is 22.7. The first-order valence-electron chi connectivity index (χ1n) is 9.70. The van der Waals surface area contributed by atoms with Gasteiger partial charge in [0.15, 0.2) is 0 Å². The van der Waals surface area contributed by atoms with Crippen molar-refractivity contribution in [3.8, 4) is 11.5 Å². The summed E-state index contributed by atoms with van der Waals surface area (Å²) in [5.74, 6) is -1.83. The quantitative estimate of drug-likeness (QED) is 0.415. The molecule has 0 spiro atoms. The van der Waals surface area contributed by atoms with Crippen molar-refractivity contribution in [2.24, 2.45) is 0 Å². The molecule has 3 rings (SSSR count). The van der Waals surface area contributed by atoms with E-state index in [4.69, 9.17) is 9.47 Å². The molecule has 0 aliphatic carbocycles. The molecule has 31 heavy (non-hydrogen) atoms. The highest BCUT2D eigenvalue weighted by Gasteiger charge is 2.46. The second-order valence-electron chi connectivity index (χ2n) is 7.38. The van der Waals surface area contributed by atoms with Crippen LogP contribution in [0, 0.1) is 5.82 Å². The van der Waals surface area contributed by atoms with Crippen molar-refractivity contribution < 1.29 is 28.6 Å². The Balaban J connectivity index is 2.24. The Morgan fingerprint density at radius 2 is 1.65 bits per heavy atom. The van der Waals surface area contributed by atoms with Crippen LogP contribution < -0.4 is 9.47 Å². The number of aliphatic hydroxyl groups is 1. The average Bonchev–Trinajstić information content (AvgIpc) is 3.01. The summed E-state index contributed by atoms with van der Waals surface area (Å²) in [5.41, 5.74) is 0.582. The van der Waals surface area contributed by atoms with E-state index in [1.807, 2.05) is 19.0 Å². The van der Waals surface area contributed by atoms with Gasteiger partial charge in [0, 0.05) is 13.1 Å². The number of carbonyl (C=O) groups excluding carboxylic acids is 2. The summed E-state index contributed by atoms with van der Waals surface area (Å²) in [6.45, 7) is 0.752. The molecule has 1 heterocycles. The summed E-state index contributed by atoms with van der Waals surface area (Å²) in [4.78, 5) is 29.2. The molecule has 1 fully saturated rings. The van der Waals surface area contributed by atoms with Gasteiger partial charge in [0.2, 0.25) is 0 Å². The maximum atomic E-state index is 13.5. The van der Waals surface area contributed by atoms with Crippen LogP contribution in [-0.2, 0) is 9.59 Å². The Hall–Kier alpha value is -3.39. The van der Waals surface area contributed by atoms with Crippen molar-refractivity contribution in [1.82, 2.24) is 9.80 Å². The first-order valence-corrected chi connectivity index (χ1v) is 9.70. The third-order valence-corrected chi connectivity index (χ3v) is 5.18. The van der Waals surface area contributed by atoms with Gasteiger partial charge in [-0.2, -0.15) is 0 Å². The number of ether oxygens (including phenoxy) is 2. The monoisotopic (exact) mass is 428 g/mol. The van der Waals surface area contributed by atoms with Gasteiger partial charge in [-0.25, -0.2) is 4.39 Å². The molecule has 2 aromatic rings. The molecule has 7 nitrogen and oxygen atoms in total. The highest BCUT2D eigenvalue weighted by atomic mass is 19.1. The molecule has 0 saturated carbocycles. The first-order chi connectivity index (χ1) is 14.8. The van der Waals surface area contributed by atoms with Crippen LogP contribution >= 0.6 is 0 Å². The van der Waals surface area contributed by atoms with E-state index in [2.05, 4.69) is 0 Å². The molecule has 1 unspecified atom stereocenters. The number of hydrogen-bond donors (Lipinski definition) is 1. The summed E-state index contributed by atoms with van der Waals surface area (Å²) in [7, 11) is 6.56. The predicted molar refractivity (Wildman–Crippen MR) is 114 cm³/mol. The van der Waals surface area contributed by atoms with Crippen LogP contribution in [-0.4, -0.2) is 68.0 Å². The number of hydrogen-bond acceptors (Lipinski definition) is 6. The predicted octanol–water partition coefficient (Wildman–Crippen LogP) is 2.83. The van der Waals surface area contributed by atoms with Gasteiger partial charge in [0.25, 0.3) is 11.7 Å². The number of aliphatic hydroxyl groups excluding tert-OH is 1. The van der Waals surface area contributed by atoms with E-state index >= 15 is 0 Å². The Kier molecular flexibility index (Phi) is 6.60. The number of likely N-dealkylation sites (tertiary alicyclic amines) is 1. The van der Waals surface area contributed by atoms with Gasteiger partial charge in [-0.3, -0.25) is 9.59 Å². The molecule has 1 atom stereocenters. The number of methoxy groups -OCH3 is 2. The number of rotatable bonds is 7. The van der Waals surface area contributed by atoms with Crippen molar-refractivity contribution in [1.29, 1.82) is 0 Å². The smallest absolute Gasteiger partial charge is 0.295 e. The van der Waals surface area contributed by atoms with Gasteiger partial charge < -0.3 is 24.4 Å². The average molecular weight is 428 g/mol. The van der Waals surface area contributed by atoms with E-state index < -0.39 is 29.3 Å². The van der Waals surface area contributed by atoms with Gasteiger partial charge >= 0.3 is 0 Å². The lowest BCUT2D eigenvalue weighted by Crippen LogP contribution is -2.35. The minimum absolute atomic E-state index is 0.0989. The number of benzene rings is 2. The van der Waals surface area contributed by atoms with Gasteiger partial charge in [-0.1, -0.05) is 18.2 Å². The lowest BCUT2D eigenvalue weighted by atomic mass is 9.94.